The molecule has 64 valence electrons. The van der Waals surface area contributed by atoms with Crippen LogP contribution in [0.4, 0.5) is 0 Å². The second-order valence-corrected chi connectivity index (χ2v) is 5.29. The van der Waals surface area contributed by atoms with Gasteiger partial charge in [-0.15, -0.1) is 6.42 Å². The molecule has 2 saturated heterocycles. The van der Waals surface area contributed by atoms with Crippen molar-refractivity contribution in [3.8, 4) is 12.3 Å². The highest BCUT2D eigenvalue weighted by molar-refractivity contribution is 8.00. The molecular formula is C11H14S. The first-order valence-electron chi connectivity index (χ1n) is 4.68. The molecule has 0 saturated carbocycles. The molecule has 0 spiro atoms. The van der Waals surface area contributed by atoms with Crippen LogP contribution >= 0.6 is 11.8 Å². The van der Waals surface area contributed by atoms with E-state index >= 15 is 0 Å². The van der Waals surface area contributed by atoms with Gasteiger partial charge >= 0.3 is 0 Å². The van der Waals surface area contributed by atoms with E-state index in [0.717, 1.165) is 10.5 Å². The molecule has 2 unspecified atom stereocenters. The van der Waals surface area contributed by atoms with Crippen LogP contribution in [0.3, 0.4) is 0 Å². The zero-order valence-electron chi connectivity index (χ0n) is 7.25. The van der Waals surface area contributed by atoms with Crippen LogP contribution in [0.2, 0.25) is 0 Å². The quantitative estimate of drug-likeness (QED) is 0.514. The number of fused-ring (bicyclic) bond motifs is 2. The molecule has 1 heteroatoms. The van der Waals surface area contributed by atoms with Gasteiger partial charge < -0.3 is 0 Å². The number of allylic oxidation sites excluding steroid dienone is 2. The maximum absolute atomic E-state index is 5.28. The Morgan fingerprint density at radius 2 is 2.00 bits per heavy atom. The second-order valence-electron chi connectivity index (χ2n) is 3.69. The molecule has 0 nitrogen and oxygen atoms in total. The number of thioether (sulfide) groups is 1. The van der Waals surface area contributed by atoms with Crippen LogP contribution in [-0.4, -0.2) is 10.5 Å². The third-order valence-corrected chi connectivity index (χ3v) is 4.28. The predicted octanol–water partition coefficient (Wildman–Crippen LogP) is 2.99. The van der Waals surface area contributed by atoms with Gasteiger partial charge in [-0.2, -0.15) is 11.8 Å². The number of terminal acetylenes is 1. The first-order valence-corrected chi connectivity index (χ1v) is 5.62. The lowest BCUT2D eigenvalue weighted by Gasteiger charge is -2.35. The van der Waals surface area contributed by atoms with Crippen LogP contribution in [0.25, 0.3) is 0 Å². The van der Waals surface area contributed by atoms with E-state index in [1.165, 1.54) is 37.7 Å². The highest BCUT2D eigenvalue weighted by atomic mass is 32.2. The average molecular weight is 178 g/mol. The van der Waals surface area contributed by atoms with Gasteiger partial charge in [0, 0.05) is 10.5 Å². The van der Waals surface area contributed by atoms with Crippen molar-refractivity contribution in [3.63, 3.8) is 0 Å². The van der Waals surface area contributed by atoms with Gasteiger partial charge in [0.2, 0.25) is 0 Å². The van der Waals surface area contributed by atoms with E-state index in [9.17, 15) is 0 Å². The zero-order valence-corrected chi connectivity index (χ0v) is 8.07. The first-order chi connectivity index (χ1) is 5.88. The predicted molar refractivity (Wildman–Crippen MR) is 55.2 cm³/mol. The van der Waals surface area contributed by atoms with Gasteiger partial charge in [0.25, 0.3) is 0 Å². The van der Waals surface area contributed by atoms with E-state index in [2.05, 4.69) is 17.7 Å². The van der Waals surface area contributed by atoms with Crippen molar-refractivity contribution in [1.29, 1.82) is 0 Å². The third kappa shape index (κ3) is 1.69. The fraction of sp³-hybridized carbons (Fsp3) is 0.636. The van der Waals surface area contributed by atoms with Crippen molar-refractivity contribution in [2.45, 2.75) is 42.6 Å². The lowest BCUT2D eigenvalue weighted by atomic mass is 9.94. The summed E-state index contributed by atoms with van der Waals surface area (Å²) >= 11 is 2.19. The SMILES string of the molecule is C#CC=C1CC2CCCC(C1)S2. The molecule has 0 radical (unpaired) electrons. The maximum atomic E-state index is 5.28. The lowest BCUT2D eigenvalue weighted by Crippen LogP contribution is -2.24. The molecule has 2 heterocycles. The molecule has 0 N–H and O–H groups in total. The summed E-state index contributed by atoms with van der Waals surface area (Å²) in [5.74, 6) is 2.66. The highest BCUT2D eigenvalue weighted by Gasteiger charge is 2.28. The molecule has 0 aliphatic carbocycles. The van der Waals surface area contributed by atoms with Crippen LogP contribution in [-0.2, 0) is 0 Å². The summed E-state index contributed by atoms with van der Waals surface area (Å²) in [6.07, 6.45) is 14.0. The molecule has 12 heavy (non-hydrogen) atoms. The topological polar surface area (TPSA) is 0 Å². The number of rotatable bonds is 0. The number of hydrogen-bond acceptors (Lipinski definition) is 1. The van der Waals surface area contributed by atoms with Crippen molar-refractivity contribution in [2.75, 3.05) is 0 Å². The van der Waals surface area contributed by atoms with Crippen LogP contribution in [0, 0.1) is 12.3 Å². The van der Waals surface area contributed by atoms with Crippen molar-refractivity contribution < 1.29 is 0 Å². The fourth-order valence-corrected chi connectivity index (χ4v) is 3.96. The second kappa shape index (κ2) is 3.58. The normalized spacial score (nSPS) is 34.1. The van der Waals surface area contributed by atoms with Crippen molar-refractivity contribution in [3.05, 3.63) is 11.6 Å². The number of hydrogen-bond donors (Lipinski definition) is 0. The Morgan fingerprint density at radius 1 is 1.33 bits per heavy atom. The molecular weight excluding hydrogens is 164 g/mol. The molecule has 2 atom stereocenters. The summed E-state index contributed by atoms with van der Waals surface area (Å²) in [5.41, 5.74) is 1.52. The minimum Gasteiger partial charge on any atom is -0.154 e. The summed E-state index contributed by atoms with van der Waals surface area (Å²) in [6.45, 7) is 0. The Hall–Kier alpha value is -0.350. The average Bonchev–Trinajstić information content (AvgIpc) is 2.04. The van der Waals surface area contributed by atoms with Gasteiger partial charge in [0.15, 0.2) is 0 Å². The van der Waals surface area contributed by atoms with Gasteiger partial charge in [-0.3, -0.25) is 0 Å². The summed E-state index contributed by atoms with van der Waals surface area (Å²) in [6, 6.07) is 0. The maximum Gasteiger partial charge on any atom is 0.00874 e. The van der Waals surface area contributed by atoms with E-state index in [4.69, 9.17) is 6.42 Å². The standard InChI is InChI=1S/C11H14S/c1-2-4-9-7-10-5-3-6-11(8-9)12-10/h1,4,10-11H,3,5-8H2. The molecule has 0 aromatic heterocycles. The van der Waals surface area contributed by atoms with Crippen molar-refractivity contribution in [2.24, 2.45) is 0 Å². The minimum absolute atomic E-state index is 0.886. The smallest absolute Gasteiger partial charge is 0.00874 e. The van der Waals surface area contributed by atoms with E-state index in [1.54, 1.807) is 0 Å². The monoisotopic (exact) mass is 178 g/mol. The summed E-state index contributed by atoms with van der Waals surface area (Å²) in [4.78, 5) is 0. The lowest BCUT2D eigenvalue weighted by molar-refractivity contribution is 0.554. The van der Waals surface area contributed by atoms with Crippen LogP contribution in [0.15, 0.2) is 11.6 Å². The Bertz CT molecular complexity index is 220. The molecule has 0 aromatic rings. The fourth-order valence-electron chi connectivity index (χ4n) is 2.19. The minimum atomic E-state index is 0.886. The molecule has 2 aliphatic rings. The van der Waals surface area contributed by atoms with E-state index in [1.807, 2.05) is 6.08 Å². The van der Waals surface area contributed by atoms with Gasteiger partial charge in [-0.05, 0) is 31.8 Å². The summed E-state index contributed by atoms with van der Waals surface area (Å²) in [5, 5.41) is 1.77. The first kappa shape index (κ1) is 8.26. The van der Waals surface area contributed by atoms with Gasteiger partial charge in [-0.25, -0.2) is 0 Å². The van der Waals surface area contributed by atoms with E-state index in [-0.39, 0.29) is 0 Å². The molecule has 0 aromatic carbocycles. The van der Waals surface area contributed by atoms with E-state index in [0.29, 0.717) is 0 Å². The van der Waals surface area contributed by atoms with Crippen LogP contribution in [0.1, 0.15) is 32.1 Å². The van der Waals surface area contributed by atoms with Gasteiger partial charge in [-0.1, -0.05) is 17.9 Å². The molecule has 2 rings (SSSR count). The molecule has 0 amide bonds. The highest BCUT2D eigenvalue weighted by Crippen LogP contribution is 2.43. The zero-order chi connectivity index (χ0) is 8.39. The summed E-state index contributed by atoms with van der Waals surface area (Å²) < 4.78 is 0. The van der Waals surface area contributed by atoms with E-state index < -0.39 is 0 Å². The molecule has 2 fully saturated rings. The molecule has 2 bridgehead atoms. The third-order valence-electron chi connectivity index (χ3n) is 2.70. The largest absolute Gasteiger partial charge is 0.154 e. The Kier molecular flexibility index (Phi) is 2.46. The van der Waals surface area contributed by atoms with Gasteiger partial charge in [0.05, 0.1) is 0 Å². The molecule has 2 aliphatic heterocycles. The van der Waals surface area contributed by atoms with Crippen LogP contribution in [0.5, 0.6) is 0 Å². The summed E-state index contributed by atoms with van der Waals surface area (Å²) in [7, 11) is 0. The Labute approximate surface area is 78.8 Å². The van der Waals surface area contributed by atoms with Crippen molar-refractivity contribution >= 4 is 11.8 Å². The Morgan fingerprint density at radius 3 is 2.58 bits per heavy atom. The van der Waals surface area contributed by atoms with Gasteiger partial charge in [0.1, 0.15) is 0 Å². The van der Waals surface area contributed by atoms with Crippen LogP contribution < -0.4 is 0 Å². The Balaban J connectivity index is 2.06. The van der Waals surface area contributed by atoms with Crippen molar-refractivity contribution in [1.82, 2.24) is 0 Å².